The highest BCUT2D eigenvalue weighted by molar-refractivity contribution is 9.09. The van der Waals surface area contributed by atoms with E-state index in [0.717, 1.165) is 10.7 Å². The molecule has 0 aromatic heterocycles. The number of hydrogen-bond donors (Lipinski definition) is 1. The fourth-order valence-electron chi connectivity index (χ4n) is 2.31. The Morgan fingerprint density at radius 2 is 2.11 bits per heavy atom. The molecular weight excluding hydrogens is 390 g/mol. The maximum absolute atomic E-state index is 4.71. The number of quaternary nitrogens is 1. The van der Waals surface area contributed by atoms with E-state index in [9.17, 15) is 0 Å². The second-order valence-electron chi connectivity index (χ2n) is 4.53. The summed E-state index contributed by atoms with van der Waals surface area (Å²) in [5.41, 5.74) is 3.01. The van der Waals surface area contributed by atoms with Crippen LogP contribution >= 0.6 is 27.7 Å². The first-order valence-electron chi connectivity index (χ1n) is 6.13. The zero-order valence-corrected chi connectivity index (χ0v) is 14.2. The molecule has 3 unspecified atom stereocenters. The van der Waals surface area contributed by atoms with Crippen LogP contribution in [0.2, 0.25) is 0 Å². The average molecular weight is 405 g/mol. The van der Waals surface area contributed by atoms with E-state index < -0.39 is 0 Å². The van der Waals surface area contributed by atoms with Gasteiger partial charge in [-0.15, -0.1) is 0 Å². The SMILES string of the molecule is BrC1CCC2N=C([NH2+]/N=C/c3ccccc3)SC12.[Br-]. The van der Waals surface area contributed by atoms with Crippen LogP contribution in [0, 0.1) is 0 Å². The van der Waals surface area contributed by atoms with Gasteiger partial charge < -0.3 is 17.0 Å². The molecule has 3 rings (SSSR count). The number of rotatable bonds is 2. The Morgan fingerprint density at radius 1 is 1.32 bits per heavy atom. The Kier molecular flexibility index (Phi) is 5.62. The lowest BCUT2D eigenvalue weighted by atomic mass is 10.2. The highest BCUT2D eigenvalue weighted by Crippen LogP contribution is 2.40. The molecule has 0 radical (unpaired) electrons. The Morgan fingerprint density at radius 3 is 2.84 bits per heavy atom. The fourth-order valence-corrected chi connectivity index (χ4v) is 4.49. The number of fused-ring (bicyclic) bond motifs is 1. The Hall–Kier alpha value is -0.170. The van der Waals surface area contributed by atoms with Crippen LogP contribution in [0.1, 0.15) is 18.4 Å². The van der Waals surface area contributed by atoms with Gasteiger partial charge in [-0.25, -0.2) is 4.99 Å². The van der Waals surface area contributed by atoms with Gasteiger partial charge in [0.2, 0.25) is 0 Å². The molecule has 1 aliphatic heterocycles. The van der Waals surface area contributed by atoms with E-state index in [2.05, 4.69) is 21.0 Å². The third-order valence-electron chi connectivity index (χ3n) is 3.23. The van der Waals surface area contributed by atoms with E-state index >= 15 is 0 Å². The number of hydrogen-bond acceptors (Lipinski definition) is 3. The molecule has 0 amide bonds. The number of amidine groups is 1. The molecule has 0 saturated heterocycles. The van der Waals surface area contributed by atoms with Gasteiger partial charge in [0.15, 0.2) is 0 Å². The van der Waals surface area contributed by atoms with Crippen molar-refractivity contribution in [1.82, 2.24) is 0 Å². The molecule has 1 aromatic rings. The van der Waals surface area contributed by atoms with E-state index in [1.165, 1.54) is 12.8 Å². The summed E-state index contributed by atoms with van der Waals surface area (Å²) in [7, 11) is 0. The predicted octanol–water partition coefficient (Wildman–Crippen LogP) is -1.01. The van der Waals surface area contributed by atoms with Crippen molar-refractivity contribution in [1.29, 1.82) is 0 Å². The molecule has 3 nitrogen and oxygen atoms in total. The standard InChI is InChI=1S/C13H14BrN3S.BrH/c14-10-6-7-11-12(10)18-13(16-11)17-15-8-9-4-2-1-3-5-9;/h1-5,8,10-12H,6-7H2,(H,16,17);1H/b15-8+;. The van der Waals surface area contributed by atoms with Crippen molar-refractivity contribution < 1.29 is 22.4 Å². The van der Waals surface area contributed by atoms with Gasteiger partial charge >= 0.3 is 0 Å². The lowest BCUT2D eigenvalue weighted by Gasteiger charge is -2.07. The van der Waals surface area contributed by atoms with Crippen LogP contribution in [0.3, 0.4) is 0 Å². The van der Waals surface area contributed by atoms with Crippen LogP contribution in [0.25, 0.3) is 0 Å². The molecule has 1 aliphatic carbocycles. The van der Waals surface area contributed by atoms with Crippen LogP contribution < -0.4 is 22.4 Å². The van der Waals surface area contributed by atoms with Gasteiger partial charge in [-0.2, -0.15) is 5.43 Å². The van der Waals surface area contributed by atoms with Crippen molar-refractivity contribution in [3.63, 3.8) is 0 Å². The first-order chi connectivity index (χ1) is 8.83. The van der Waals surface area contributed by atoms with Crippen molar-refractivity contribution in [3.8, 4) is 0 Å². The fraction of sp³-hybridized carbons (Fsp3) is 0.385. The number of nitrogens with zero attached hydrogens (tertiary/aromatic N) is 2. The summed E-state index contributed by atoms with van der Waals surface area (Å²) in [4.78, 5) is 5.32. The summed E-state index contributed by atoms with van der Waals surface area (Å²) >= 11 is 5.59. The molecule has 19 heavy (non-hydrogen) atoms. The van der Waals surface area contributed by atoms with Crippen molar-refractivity contribution in [3.05, 3.63) is 35.9 Å². The van der Waals surface area contributed by atoms with Crippen molar-refractivity contribution in [2.75, 3.05) is 0 Å². The summed E-state index contributed by atoms with van der Waals surface area (Å²) in [5.74, 6) is 0. The topological polar surface area (TPSA) is 41.3 Å². The minimum absolute atomic E-state index is 0. The molecular formula is C13H15Br2N3S. The van der Waals surface area contributed by atoms with Gasteiger partial charge in [0.25, 0.3) is 5.17 Å². The minimum atomic E-state index is 0. The normalized spacial score (nSPS) is 29.1. The summed E-state index contributed by atoms with van der Waals surface area (Å²) < 4.78 is 0. The van der Waals surface area contributed by atoms with Crippen molar-refractivity contribution in [2.24, 2.45) is 10.1 Å². The Bertz CT molecular complexity index is 478. The molecule has 1 fully saturated rings. The minimum Gasteiger partial charge on any atom is -1.00 e. The van der Waals surface area contributed by atoms with Crippen LogP contribution in [0.15, 0.2) is 40.4 Å². The lowest BCUT2D eigenvalue weighted by Crippen LogP contribution is -3.00. The number of halogens is 2. The number of nitrogens with two attached hydrogens (primary N) is 1. The van der Waals surface area contributed by atoms with Crippen LogP contribution in [-0.4, -0.2) is 27.5 Å². The largest absolute Gasteiger partial charge is 1.00 e. The number of benzene rings is 1. The summed E-state index contributed by atoms with van der Waals surface area (Å²) in [6, 6.07) is 10.6. The first kappa shape index (κ1) is 15.2. The monoisotopic (exact) mass is 403 g/mol. The molecule has 0 spiro atoms. The lowest BCUT2D eigenvalue weighted by molar-refractivity contribution is -0.539. The van der Waals surface area contributed by atoms with E-state index in [0.29, 0.717) is 16.1 Å². The number of alkyl halides is 1. The smallest absolute Gasteiger partial charge is 0.283 e. The van der Waals surface area contributed by atoms with E-state index in [4.69, 9.17) is 4.99 Å². The zero-order chi connectivity index (χ0) is 12.4. The summed E-state index contributed by atoms with van der Waals surface area (Å²) in [6.45, 7) is 0. The van der Waals surface area contributed by atoms with Gasteiger partial charge in [-0.05, 0) is 30.2 Å². The van der Waals surface area contributed by atoms with Crippen molar-refractivity contribution in [2.45, 2.75) is 29.0 Å². The van der Waals surface area contributed by atoms with Crippen LogP contribution in [0.5, 0.6) is 0 Å². The van der Waals surface area contributed by atoms with Gasteiger partial charge in [0.05, 0.1) is 17.5 Å². The molecule has 6 heteroatoms. The quantitative estimate of drug-likeness (QED) is 0.291. The maximum atomic E-state index is 4.71. The van der Waals surface area contributed by atoms with Crippen LogP contribution in [0.4, 0.5) is 0 Å². The van der Waals surface area contributed by atoms with Gasteiger partial charge in [-0.3, -0.25) is 0 Å². The molecule has 2 aliphatic rings. The third-order valence-corrected chi connectivity index (χ3v) is 5.98. The molecule has 3 atom stereocenters. The van der Waals surface area contributed by atoms with E-state index in [1.54, 1.807) is 0 Å². The maximum Gasteiger partial charge on any atom is 0.283 e. The molecule has 1 heterocycles. The third kappa shape index (κ3) is 3.68. The number of aliphatic imine (C=N–C) groups is 1. The first-order valence-corrected chi connectivity index (χ1v) is 7.92. The second-order valence-corrected chi connectivity index (χ2v) is 6.90. The molecule has 1 aromatic carbocycles. The van der Waals surface area contributed by atoms with Crippen molar-refractivity contribution >= 4 is 39.1 Å². The van der Waals surface area contributed by atoms with Gasteiger partial charge in [-0.1, -0.05) is 51.4 Å². The number of thioether (sulfide) groups is 1. The summed E-state index contributed by atoms with van der Waals surface area (Å²) in [6.07, 6.45) is 4.32. The van der Waals surface area contributed by atoms with Crippen LogP contribution in [-0.2, 0) is 0 Å². The van der Waals surface area contributed by atoms with E-state index in [-0.39, 0.29) is 17.0 Å². The second kappa shape index (κ2) is 7.02. The molecule has 102 valence electrons. The molecule has 1 saturated carbocycles. The zero-order valence-electron chi connectivity index (χ0n) is 10.2. The Balaban J connectivity index is 0.00000133. The highest BCUT2D eigenvalue weighted by Gasteiger charge is 2.42. The van der Waals surface area contributed by atoms with Gasteiger partial charge in [0.1, 0.15) is 0 Å². The molecule has 0 bridgehead atoms. The van der Waals surface area contributed by atoms with E-state index in [1.807, 2.05) is 53.7 Å². The van der Waals surface area contributed by atoms with Gasteiger partial charge in [0, 0.05) is 4.83 Å². The Labute approximate surface area is 136 Å². The molecule has 2 N–H and O–H groups in total. The summed E-state index contributed by atoms with van der Waals surface area (Å²) in [5, 5.41) is 6.04. The average Bonchev–Trinajstić information content (AvgIpc) is 2.94. The highest BCUT2D eigenvalue weighted by atomic mass is 79.9. The predicted molar refractivity (Wildman–Crippen MR) is 80.5 cm³/mol.